The average molecular weight is 321 g/mol. The molecule has 1 aliphatic rings. The molecular formula is C17H21ClN2O2. The molecule has 2 unspecified atom stereocenters. The number of rotatable bonds is 2. The molecule has 1 amide bonds. The van der Waals surface area contributed by atoms with Gasteiger partial charge in [-0.2, -0.15) is 0 Å². The molecule has 5 heteroatoms. The van der Waals surface area contributed by atoms with Gasteiger partial charge in [0.2, 0.25) is 0 Å². The molecule has 4 nitrogen and oxygen atoms in total. The number of hydrogen-bond donors (Lipinski definition) is 2. The highest BCUT2D eigenvalue weighted by atomic mass is 35.5. The fourth-order valence-corrected chi connectivity index (χ4v) is 2.71. The Morgan fingerprint density at radius 1 is 1.45 bits per heavy atom. The third kappa shape index (κ3) is 3.70. The molecule has 1 aromatic carbocycles. The lowest BCUT2D eigenvalue weighted by atomic mass is 9.91. The van der Waals surface area contributed by atoms with Gasteiger partial charge >= 0.3 is 6.09 Å². The largest absolute Gasteiger partial charge is 0.412 e. The Kier molecular flexibility index (Phi) is 5.63. The molecule has 2 rings (SSSR count). The van der Waals surface area contributed by atoms with Crippen LogP contribution in [0.25, 0.3) is 11.3 Å². The first-order valence-corrected chi connectivity index (χ1v) is 7.79. The summed E-state index contributed by atoms with van der Waals surface area (Å²) in [7, 11) is 1.54. The van der Waals surface area contributed by atoms with Crippen molar-refractivity contribution < 1.29 is 9.53 Å². The monoisotopic (exact) mass is 320 g/mol. The molecule has 1 aromatic rings. The highest BCUT2D eigenvalue weighted by molar-refractivity contribution is 6.18. The van der Waals surface area contributed by atoms with E-state index in [1.54, 1.807) is 0 Å². The molecule has 1 aliphatic heterocycles. The van der Waals surface area contributed by atoms with Gasteiger partial charge in [0.1, 0.15) is 5.76 Å². The molecule has 0 radical (unpaired) electrons. The quantitative estimate of drug-likeness (QED) is 0.822. The van der Waals surface area contributed by atoms with E-state index in [-0.39, 0.29) is 12.0 Å². The van der Waals surface area contributed by atoms with Crippen molar-refractivity contribution in [3.8, 4) is 0 Å². The summed E-state index contributed by atoms with van der Waals surface area (Å²) in [4.78, 5) is 11.6. The van der Waals surface area contributed by atoms with E-state index in [1.165, 1.54) is 7.05 Å². The van der Waals surface area contributed by atoms with E-state index in [0.717, 1.165) is 23.2 Å². The third-order valence-electron chi connectivity index (χ3n) is 3.71. The second kappa shape index (κ2) is 7.47. The molecule has 0 saturated carbocycles. The Labute approximate surface area is 136 Å². The van der Waals surface area contributed by atoms with Crippen molar-refractivity contribution in [3.63, 3.8) is 0 Å². The van der Waals surface area contributed by atoms with E-state index in [4.69, 9.17) is 16.3 Å². The second-order valence-electron chi connectivity index (χ2n) is 5.29. The number of alkyl halides is 1. The zero-order chi connectivity index (χ0) is 16.1. The highest BCUT2D eigenvalue weighted by Crippen LogP contribution is 2.31. The predicted octanol–water partition coefficient (Wildman–Crippen LogP) is 3.24. The molecule has 0 saturated heterocycles. The van der Waals surface area contributed by atoms with Crippen LogP contribution >= 0.6 is 11.6 Å². The summed E-state index contributed by atoms with van der Waals surface area (Å²) < 4.78 is 5.44. The smallest absolute Gasteiger partial charge is 0.410 e. The number of hydrogen-bond acceptors (Lipinski definition) is 3. The number of alkyl carbamates (subject to hydrolysis) is 1. The summed E-state index contributed by atoms with van der Waals surface area (Å²) in [5.74, 6) is 1.13. The molecule has 0 aliphatic carbocycles. The fourth-order valence-electron chi connectivity index (χ4n) is 2.41. The average Bonchev–Trinajstić information content (AvgIpc) is 2.58. The first-order valence-electron chi connectivity index (χ1n) is 7.26. The Morgan fingerprint density at radius 2 is 2.14 bits per heavy atom. The minimum Gasteiger partial charge on any atom is -0.410 e. The number of carbonyl (C=O) groups is 1. The van der Waals surface area contributed by atoms with E-state index in [9.17, 15) is 4.79 Å². The normalized spacial score (nSPS) is 24.1. The molecule has 0 spiro atoms. The SMILES string of the molecule is C=C1c2ccccc2/C(OC(=O)NC)=C\C(C)NCC1CCl. The van der Waals surface area contributed by atoms with Crippen LogP contribution in [0.5, 0.6) is 0 Å². The van der Waals surface area contributed by atoms with Crippen molar-refractivity contribution in [2.45, 2.75) is 13.0 Å². The Bertz CT molecular complexity index is 598. The lowest BCUT2D eigenvalue weighted by Crippen LogP contribution is -2.30. The number of amides is 1. The van der Waals surface area contributed by atoms with E-state index in [2.05, 4.69) is 17.2 Å². The molecule has 1 heterocycles. The van der Waals surface area contributed by atoms with Crippen molar-refractivity contribution in [3.05, 3.63) is 48.0 Å². The lowest BCUT2D eigenvalue weighted by Gasteiger charge is -2.19. The summed E-state index contributed by atoms with van der Waals surface area (Å²) in [6.07, 6.45) is 1.41. The molecule has 0 aromatic heterocycles. The number of carbonyl (C=O) groups excluding carboxylic acids is 1. The Hall–Kier alpha value is -1.78. The van der Waals surface area contributed by atoms with Crippen LogP contribution in [-0.4, -0.2) is 31.6 Å². The number of fused-ring (bicyclic) bond motifs is 1. The van der Waals surface area contributed by atoms with Crippen LogP contribution < -0.4 is 10.6 Å². The van der Waals surface area contributed by atoms with Gasteiger partial charge in [-0.3, -0.25) is 0 Å². The summed E-state index contributed by atoms with van der Waals surface area (Å²) in [5, 5.41) is 5.85. The summed E-state index contributed by atoms with van der Waals surface area (Å²) in [5.41, 5.74) is 2.75. The van der Waals surface area contributed by atoms with Crippen LogP contribution in [0.2, 0.25) is 0 Å². The maximum Gasteiger partial charge on any atom is 0.412 e. The minimum atomic E-state index is -0.494. The van der Waals surface area contributed by atoms with Gasteiger partial charge in [-0.25, -0.2) is 4.79 Å². The van der Waals surface area contributed by atoms with Crippen LogP contribution in [0.4, 0.5) is 4.79 Å². The van der Waals surface area contributed by atoms with Crippen molar-refractivity contribution in [2.24, 2.45) is 5.92 Å². The molecule has 2 N–H and O–H groups in total. The first kappa shape index (κ1) is 16.6. The molecule has 118 valence electrons. The Balaban J connectivity index is 2.51. The summed E-state index contributed by atoms with van der Waals surface area (Å²) >= 11 is 6.10. The van der Waals surface area contributed by atoms with Crippen molar-refractivity contribution in [2.75, 3.05) is 19.5 Å². The molecule has 0 fully saturated rings. The number of ether oxygens (including phenoxy) is 1. The zero-order valence-corrected chi connectivity index (χ0v) is 13.6. The van der Waals surface area contributed by atoms with Crippen molar-refractivity contribution >= 4 is 29.0 Å². The molecule has 2 atom stereocenters. The van der Waals surface area contributed by atoms with Crippen LogP contribution in [0.15, 0.2) is 36.9 Å². The predicted molar refractivity (Wildman–Crippen MR) is 90.7 cm³/mol. The van der Waals surface area contributed by atoms with Gasteiger partial charge in [0.25, 0.3) is 0 Å². The van der Waals surface area contributed by atoms with Gasteiger partial charge in [-0.15, -0.1) is 11.6 Å². The van der Waals surface area contributed by atoms with E-state index >= 15 is 0 Å². The standard InChI is InChI=1S/C17H21ClN2O2/c1-11-8-16(22-17(21)19-3)15-7-5-4-6-14(15)12(2)13(9-18)10-20-11/h4-8,11,13,20H,2,9-10H2,1,3H3,(H,19,21)/b16-8+. The summed E-state index contributed by atoms with van der Waals surface area (Å²) in [6, 6.07) is 7.82. The number of halogens is 1. The van der Waals surface area contributed by atoms with Crippen LogP contribution in [0.1, 0.15) is 18.1 Å². The molecular weight excluding hydrogens is 300 g/mol. The van der Waals surface area contributed by atoms with E-state index in [0.29, 0.717) is 11.6 Å². The van der Waals surface area contributed by atoms with Crippen LogP contribution in [0, 0.1) is 5.92 Å². The van der Waals surface area contributed by atoms with Gasteiger partial charge in [0.05, 0.1) is 0 Å². The lowest BCUT2D eigenvalue weighted by molar-refractivity contribution is 0.194. The molecule has 22 heavy (non-hydrogen) atoms. The van der Waals surface area contributed by atoms with Crippen LogP contribution in [0.3, 0.4) is 0 Å². The van der Waals surface area contributed by atoms with Gasteiger partial charge in [-0.05, 0) is 24.1 Å². The Morgan fingerprint density at radius 3 is 2.77 bits per heavy atom. The summed E-state index contributed by atoms with van der Waals surface area (Å²) in [6.45, 7) is 6.94. The van der Waals surface area contributed by atoms with Gasteiger partial charge in [0.15, 0.2) is 0 Å². The van der Waals surface area contributed by atoms with Crippen molar-refractivity contribution in [1.29, 1.82) is 0 Å². The third-order valence-corrected chi connectivity index (χ3v) is 4.08. The zero-order valence-electron chi connectivity index (χ0n) is 12.9. The minimum absolute atomic E-state index is 0.0457. The van der Waals surface area contributed by atoms with Gasteiger partial charge in [0, 0.05) is 37.0 Å². The second-order valence-corrected chi connectivity index (χ2v) is 5.60. The van der Waals surface area contributed by atoms with Crippen molar-refractivity contribution in [1.82, 2.24) is 10.6 Å². The van der Waals surface area contributed by atoms with E-state index < -0.39 is 6.09 Å². The highest BCUT2D eigenvalue weighted by Gasteiger charge is 2.22. The maximum atomic E-state index is 11.6. The molecule has 0 bridgehead atoms. The first-order chi connectivity index (χ1) is 10.6. The van der Waals surface area contributed by atoms with Crippen LogP contribution in [-0.2, 0) is 4.74 Å². The fraction of sp³-hybridized carbons (Fsp3) is 0.353. The van der Waals surface area contributed by atoms with Gasteiger partial charge < -0.3 is 15.4 Å². The maximum absolute atomic E-state index is 11.6. The van der Waals surface area contributed by atoms with Gasteiger partial charge in [-0.1, -0.05) is 30.8 Å². The topological polar surface area (TPSA) is 50.4 Å². The number of benzene rings is 1. The number of nitrogens with one attached hydrogen (secondary N) is 2. The van der Waals surface area contributed by atoms with E-state index in [1.807, 2.05) is 37.3 Å².